The van der Waals surface area contributed by atoms with Crippen molar-refractivity contribution in [2.24, 2.45) is 0 Å². The van der Waals surface area contributed by atoms with E-state index >= 15 is 0 Å². The van der Waals surface area contributed by atoms with E-state index in [0.29, 0.717) is 5.82 Å². The molecular weight excluding hydrogens is 795 g/mol. The summed E-state index contributed by atoms with van der Waals surface area (Å²) in [6.07, 6.45) is 0. The first-order chi connectivity index (χ1) is 31.7. The van der Waals surface area contributed by atoms with E-state index < -0.39 is 5.41 Å². The number of rotatable bonds is 5. The van der Waals surface area contributed by atoms with Crippen molar-refractivity contribution in [1.29, 1.82) is 0 Å². The zero-order valence-corrected chi connectivity index (χ0v) is 35.4. The molecule has 2 aliphatic rings. The van der Waals surface area contributed by atoms with Crippen LogP contribution in [0.15, 0.2) is 234 Å². The molecule has 1 spiro atoms. The smallest absolute Gasteiger partial charge is 0.160 e. The van der Waals surface area contributed by atoms with E-state index in [1.54, 1.807) is 0 Å². The Kier molecular flexibility index (Phi) is 8.37. The van der Waals surface area contributed by atoms with Crippen LogP contribution in [0.3, 0.4) is 0 Å². The third-order valence-electron chi connectivity index (χ3n) is 13.2. The van der Waals surface area contributed by atoms with Gasteiger partial charge in [-0.3, -0.25) is 0 Å². The van der Waals surface area contributed by atoms with Crippen molar-refractivity contribution in [3.8, 4) is 67.4 Å². The Hall–Kier alpha value is -7.92. The van der Waals surface area contributed by atoms with Gasteiger partial charge < -0.3 is 0 Å². The minimum Gasteiger partial charge on any atom is -0.247 e. The second-order valence-corrected chi connectivity index (χ2v) is 17.7. The summed E-state index contributed by atoms with van der Waals surface area (Å²) in [5, 5.41) is 3.43. The summed E-state index contributed by atoms with van der Waals surface area (Å²) in [6, 6.07) is 80.8. The highest BCUT2D eigenvalue weighted by Crippen LogP contribution is 2.62. The van der Waals surface area contributed by atoms with E-state index in [1.165, 1.54) is 59.7 Å². The minimum atomic E-state index is -0.481. The van der Waals surface area contributed by atoms with Crippen molar-refractivity contribution >= 4 is 33.4 Å². The molecule has 4 heteroatoms. The zero-order valence-electron chi connectivity index (χ0n) is 34.6. The van der Waals surface area contributed by atoms with Crippen LogP contribution >= 0.6 is 11.8 Å². The maximum atomic E-state index is 5.56. The lowest BCUT2D eigenvalue weighted by atomic mass is 9.67. The minimum absolute atomic E-state index is 0.481. The summed E-state index contributed by atoms with van der Waals surface area (Å²) in [4.78, 5) is 18.5. The maximum Gasteiger partial charge on any atom is 0.160 e. The Bertz CT molecular complexity index is 3580. The highest BCUT2D eigenvalue weighted by Gasteiger charge is 2.50. The van der Waals surface area contributed by atoms with Crippen molar-refractivity contribution in [2.75, 3.05) is 0 Å². The summed E-state index contributed by atoms with van der Waals surface area (Å²) in [7, 11) is 0. The lowest BCUT2D eigenvalue weighted by molar-refractivity contribution is 0.724. The van der Waals surface area contributed by atoms with Crippen LogP contribution in [0, 0.1) is 0 Å². The van der Waals surface area contributed by atoms with E-state index in [-0.39, 0.29) is 0 Å². The summed E-state index contributed by atoms with van der Waals surface area (Å²) >= 11 is 1.87. The molecule has 1 aliphatic carbocycles. The Morgan fingerprint density at radius 2 is 0.844 bits per heavy atom. The standard InChI is InChI=1S/C60H37N3S/c1-4-16-38(17-5-1)39-28-30-40(31-29-39)53-37-54(63-59(62-53)42-20-8-3-9-21-42)43-32-33-46-47-35-52-57(36-48(47)58(61-55(46)34-43)41-18-6-2-7-19-41)64-56-27-15-14-26-51(56)60(52)49-24-12-10-22-44(49)45-23-11-13-25-50(45)60/h1-37H. The molecule has 0 saturated heterocycles. The molecule has 0 saturated carbocycles. The van der Waals surface area contributed by atoms with E-state index in [4.69, 9.17) is 15.0 Å². The fraction of sp³-hybridized carbons (Fsp3) is 0.0167. The van der Waals surface area contributed by atoms with Crippen LogP contribution in [0.2, 0.25) is 0 Å². The summed E-state index contributed by atoms with van der Waals surface area (Å²) in [5.41, 5.74) is 17.4. The highest BCUT2D eigenvalue weighted by molar-refractivity contribution is 7.99. The predicted molar refractivity (Wildman–Crippen MR) is 263 cm³/mol. The number of fused-ring (bicyclic) bond motifs is 12. The van der Waals surface area contributed by atoms with E-state index in [2.05, 4.69) is 200 Å². The summed E-state index contributed by atoms with van der Waals surface area (Å²) in [5.74, 6) is 0.684. The Morgan fingerprint density at radius 3 is 1.53 bits per heavy atom. The molecule has 0 bridgehead atoms. The molecule has 0 radical (unpaired) electrons. The molecule has 9 aromatic carbocycles. The SMILES string of the molecule is c1ccc(-c2ccc(-c3cc(-c4ccc5c(c4)nc(-c4ccccc4)c4cc6c(cc45)C4(c5ccccc5S6)c5ccccc5-c5ccccc54)nc(-c4ccccc4)n3)cc2)cc1. The van der Waals surface area contributed by atoms with Crippen molar-refractivity contribution < 1.29 is 0 Å². The zero-order chi connectivity index (χ0) is 42.2. The van der Waals surface area contributed by atoms with Gasteiger partial charge in [-0.2, -0.15) is 0 Å². The monoisotopic (exact) mass is 831 g/mol. The van der Waals surface area contributed by atoms with Crippen LogP contribution in [0.5, 0.6) is 0 Å². The summed E-state index contributed by atoms with van der Waals surface area (Å²) < 4.78 is 0. The lowest BCUT2D eigenvalue weighted by Gasteiger charge is -2.40. The van der Waals surface area contributed by atoms with Crippen molar-refractivity contribution in [2.45, 2.75) is 15.2 Å². The average Bonchev–Trinajstić information content (AvgIpc) is 3.66. The van der Waals surface area contributed by atoms with Crippen molar-refractivity contribution in [3.63, 3.8) is 0 Å². The van der Waals surface area contributed by atoms with Crippen LogP contribution in [-0.4, -0.2) is 15.0 Å². The quantitative estimate of drug-likeness (QED) is 0.162. The first kappa shape index (κ1) is 36.7. The molecule has 1 aliphatic heterocycles. The van der Waals surface area contributed by atoms with E-state index in [1.807, 2.05) is 36.0 Å². The second-order valence-electron chi connectivity index (χ2n) is 16.7. The topological polar surface area (TPSA) is 38.7 Å². The van der Waals surface area contributed by atoms with Gasteiger partial charge in [-0.05, 0) is 80.2 Å². The largest absolute Gasteiger partial charge is 0.247 e. The van der Waals surface area contributed by atoms with Gasteiger partial charge in [0.1, 0.15) is 0 Å². The molecule has 0 fully saturated rings. The molecule has 0 amide bonds. The Balaban J connectivity index is 1.04. The first-order valence-corrected chi connectivity index (χ1v) is 22.6. The van der Waals surface area contributed by atoms with Crippen molar-refractivity contribution in [3.05, 3.63) is 247 Å². The van der Waals surface area contributed by atoms with Crippen LogP contribution in [0.4, 0.5) is 0 Å². The molecule has 0 atom stereocenters. The number of nitrogens with zero attached hydrogens (tertiary/aromatic N) is 3. The van der Waals surface area contributed by atoms with Gasteiger partial charge in [-0.15, -0.1) is 0 Å². The normalized spacial score (nSPS) is 13.1. The molecule has 13 rings (SSSR count). The van der Waals surface area contributed by atoms with Gasteiger partial charge in [-0.1, -0.05) is 206 Å². The maximum absolute atomic E-state index is 5.56. The van der Waals surface area contributed by atoms with E-state index in [0.717, 1.165) is 55.6 Å². The Labute approximate surface area is 375 Å². The molecule has 0 N–H and O–H groups in total. The van der Waals surface area contributed by atoms with E-state index in [9.17, 15) is 0 Å². The number of hydrogen-bond acceptors (Lipinski definition) is 4. The van der Waals surface area contributed by atoms with Crippen LogP contribution < -0.4 is 0 Å². The van der Waals surface area contributed by atoms with Gasteiger partial charge in [0.25, 0.3) is 0 Å². The molecule has 2 aromatic heterocycles. The highest BCUT2D eigenvalue weighted by atomic mass is 32.2. The summed E-state index contributed by atoms with van der Waals surface area (Å²) in [6.45, 7) is 0. The molecule has 298 valence electrons. The Morgan fingerprint density at radius 1 is 0.312 bits per heavy atom. The molecule has 3 nitrogen and oxygen atoms in total. The molecule has 64 heavy (non-hydrogen) atoms. The first-order valence-electron chi connectivity index (χ1n) is 21.8. The molecule has 11 aromatic rings. The van der Waals surface area contributed by atoms with Crippen LogP contribution in [0.25, 0.3) is 89.1 Å². The van der Waals surface area contributed by atoms with Gasteiger partial charge in [0.2, 0.25) is 0 Å². The fourth-order valence-corrected chi connectivity index (χ4v) is 11.5. The third kappa shape index (κ3) is 5.66. The number of benzene rings is 9. The number of hydrogen-bond donors (Lipinski definition) is 0. The van der Waals surface area contributed by atoms with Crippen LogP contribution in [-0.2, 0) is 5.41 Å². The average molecular weight is 832 g/mol. The lowest BCUT2D eigenvalue weighted by Crippen LogP contribution is -2.32. The van der Waals surface area contributed by atoms with Gasteiger partial charge in [0, 0.05) is 42.8 Å². The van der Waals surface area contributed by atoms with Gasteiger partial charge >= 0.3 is 0 Å². The van der Waals surface area contributed by atoms with Gasteiger partial charge in [0.05, 0.1) is 28.0 Å². The van der Waals surface area contributed by atoms with Crippen LogP contribution in [0.1, 0.15) is 22.3 Å². The predicted octanol–water partition coefficient (Wildman–Crippen LogP) is 15.3. The number of aromatic nitrogens is 3. The van der Waals surface area contributed by atoms with Gasteiger partial charge in [-0.25, -0.2) is 15.0 Å². The fourth-order valence-electron chi connectivity index (χ4n) is 10.3. The third-order valence-corrected chi connectivity index (χ3v) is 14.3. The molecule has 3 heterocycles. The van der Waals surface area contributed by atoms with Gasteiger partial charge in [0.15, 0.2) is 5.82 Å². The second kappa shape index (κ2) is 14.6. The molecule has 0 unspecified atom stereocenters. The number of pyridine rings is 1. The van der Waals surface area contributed by atoms with Crippen molar-refractivity contribution in [1.82, 2.24) is 15.0 Å². The molecular formula is C60H37N3S.